The largest absolute Gasteiger partial charge is 0.375 e. The SMILES string of the molecule is Cn1cnc(S(=O)(=O)N2C[C@@H]3CN(C(=O)c4ccccc4)CCO[C@@H]3C2)c1. The van der Waals surface area contributed by atoms with E-state index in [-0.39, 0.29) is 29.5 Å². The second kappa shape index (κ2) is 7.06. The summed E-state index contributed by atoms with van der Waals surface area (Å²) in [5.74, 6) is -0.107. The van der Waals surface area contributed by atoms with E-state index in [1.807, 2.05) is 18.2 Å². The molecule has 144 valence electrons. The van der Waals surface area contributed by atoms with Crippen molar-refractivity contribution >= 4 is 15.9 Å². The van der Waals surface area contributed by atoms with E-state index in [2.05, 4.69) is 4.98 Å². The van der Waals surface area contributed by atoms with Gasteiger partial charge in [-0.25, -0.2) is 13.4 Å². The van der Waals surface area contributed by atoms with Crippen molar-refractivity contribution in [1.82, 2.24) is 18.8 Å². The van der Waals surface area contributed by atoms with Crippen LogP contribution in [0.3, 0.4) is 0 Å². The third kappa shape index (κ3) is 3.50. The zero-order valence-corrected chi connectivity index (χ0v) is 15.9. The molecule has 1 amide bonds. The van der Waals surface area contributed by atoms with E-state index in [9.17, 15) is 13.2 Å². The quantitative estimate of drug-likeness (QED) is 0.766. The number of sulfonamides is 1. The van der Waals surface area contributed by atoms with Crippen molar-refractivity contribution in [3.05, 3.63) is 48.4 Å². The summed E-state index contributed by atoms with van der Waals surface area (Å²) in [5, 5.41) is 0.0404. The van der Waals surface area contributed by atoms with E-state index < -0.39 is 10.0 Å². The molecule has 4 rings (SSSR count). The van der Waals surface area contributed by atoms with Crippen LogP contribution in [-0.4, -0.2) is 72.0 Å². The predicted molar refractivity (Wildman–Crippen MR) is 97.5 cm³/mol. The number of benzene rings is 1. The first-order chi connectivity index (χ1) is 12.9. The van der Waals surface area contributed by atoms with Gasteiger partial charge in [0.05, 0.1) is 19.0 Å². The Morgan fingerprint density at radius 2 is 1.96 bits per heavy atom. The molecule has 0 saturated carbocycles. The topological polar surface area (TPSA) is 84.7 Å². The molecule has 1 aromatic heterocycles. The van der Waals surface area contributed by atoms with Crippen LogP contribution in [0.5, 0.6) is 0 Å². The normalized spacial score (nSPS) is 23.8. The lowest BCUT2D eigenvalue weighted by Gasteiger charge is -2.23. The second-order valence-corrected chi connectivity index (χ2v) is 8.87. The molecule has 2 atom stereocenters. The molecule has 0 radical (unpaired) electrons. The number of hydrogen-bond acceptors (Lipinski definition) is 5. The lowest BCUT2D eigenvalue weighted by Crippen LogP contribution is -2.38. The minimum atomic E-state index is -3.66. The highest BCUT2D eigenvalue weighted by molar-refractivity contribution is 7.89. The predicted octanol–water partition coefficient (Wildman–Crippen LogP) is 0.582. The molecular weight excluding hydrogens is 368 g/mol. The van der Waals surface area contributed by atoms with Crippen molar-refractivity contribution in [3.8, 4) is 0 Å². The van der Waals surface area contributed by atoms with Crippen LogP contribution in [0, 0.1) is 5.92 Å². The molecule has 8 nitrogen and oxygen atoms in total. The zero-order chi connectivity index (χ0) is 19.0. The number of fused-ring (bicyclic) bond motifs is 1. The fraction of sp³-hybridized carbons (Fsp3) is 0.444. The standard InChI is InChI=1S/C18H22N4O4S/c1-20-12-17(19-13-20)27(24,25)22-10-15-9-21(7-8-26-16(15)11-22)18(23)14-5-3-2-4-6-14/h2-6,12-13,15-16H,7-11H2,1H3/t15-,16+/m0/s1. The molecule has 2 aliphatic heterocycles. The fourth-order valence-corrected chi connectivity index (χ4v) is 5.13. The molecule has 2 aromatic rings. The van der Waals surface area contributed by atoms with Crippen molar-refractivity contribution in [2.45, 2.75) is 11.1 Å². The van der Waals surface area contributed by atoms with Crippen LogP contribution in [0.2, 0.25) is 0 Å². The van der Waals surface area contributed by atoms with Gasteiger partial charge in [0, 0.05) is 50.9 Å². The van der Waals surface area contributed by atoms with E-state index in [1.54, 1.807) is 28.6 Å². The minimum Gasteiger partial charge on any atom is -0.375 e. The lowest BCUT2D eigenvalue weighted by atomic mass is 10.1. The van der Waals surface area contributed by atoms with Crippen molar-refractivity contribution in [1.29, 1.82) is 0 Å². The highest BCUT2D eigenvalue weighted by atomic mass is 32.2. The van der Waals surface area contributed by atoms with E-state index in [0.717, 1.165) is 0 Å². The van der Waals surface area contributed by atoms with Crippen molar-refractivity contribution < 1.29 is 17.9 Å². The van der Waals surface area contributed by atoms with Gasteiger partial charge in [0.25, 0.3) is 15.9 Å². The van der Waals surface area contributed by atoms with Crippen LogP contribution >= 0.6 is 0 Å². The van der Waals surface area contributed by atoms with Gasteiger partial charge in [0.2, 0.25) is 0 Å². The number of aryl methyl sites for hydroxylation is 1. The number of amides is 1. The number of aromatic nitrogens is 2. The van der Waals surface area contributed by atoms with Crippen LogP contribution in [0.25, 0.3) is 0 Å². The number of carbonyl (C=O) groups excluding carboxylic acids is 1. The summed E-state index contributed by atoms with van der Waals surface area (Å²) < 4.78 is 34.6. The van der Waals surface area contributed by atoms with Gasteiger partial charge in [-0.05, 0) is 12.1 Å². The van der Waals surface area contributed by atoms with Gasteiger partial charge >= 0.3 is 0 Å². The molecule has 2 fully saturated rings. The first kappa shape index (κ1) is 18.1. The summed E-state index contributed by atoms with van der Waals surface area (Å²) in [6.07, 6.45) is 2.75. The number of rotatable bonds is 3. The summed E-state index contributed by atoms with van der Waals surface area (Å²) >= 11 is 0. The Labute approximate surface area is 158 Å². The third-order valence-corrected chi connectivity index (χ3v) is 6.81. The Hall–Kier alpha value is -2.23. The first-order valence-electron chi connectivity index (χ1n) is 8.89. The summed E-state index contributed by atoms with van der Waals surface area (Å²) in [7, 11) is -1.93. The maximum Gasteiger partial charge on any atom is 0.262 e. The van der Waals surface area contributed by atoms with E-state index in [0.29, 0.717) is 31.8 Å². The Kier molecular flexibility index (Phi) is 4.75. The summed E-state index contributed by atoms with van der Waals surface area (Å²) in [5.41, 5.74) is 0.631. The molecule has 2 aliphatic rings. The minimum absolute atomic E-state index is 0.0404. The fourth-order valence-electron chi connectivity index (χ4n) is 3.65. The zero-order valence-electron chi connectivity index (χ0n) is 15.1. The maximum absolute atomic E-state index is 12.8. The second-order valence-electron chi connectivity index (χ2n) is 6.99. The molecule has 1 aromatic carbocycles. The molecule has 27 heavy (non-hydrogen) atoms. The number of ether oxygens (including phenoxy) is 1. The third-order valence-electron chi connectivity index (χ3n) is 5.09. The molecule has 0 unspecified atom stereocenters. The highest BCUT2D eigenvalue weighted by Crippen LogP contribution is 2.28. The van der Waals surface area contributed by atoms with Crippen LogP contribution in [0.15, 0.2) is 47.9 Å². The molecule has 3 heterocycles. The monoisotopic (exact) mass is 390 g/mol. The van der Waals surface area contributed by atoms with Gasteiger partial charge < -0.3 is 14.2 Å². The number of carbonyl (C=O) groups is 1. The Morgan fingerprint density at radius 1 is 1.19 bits per heavy atom. The van der Waals surface area contributed by atoms with Gasteiger partial charge in [-0.2, -0.15) is 4.31 Å². The molecular formula is C18H22N4O4S. The van der Waals surface area contributed by atoms with Crippen LogP contribution in [-0.2, 0) is 21.8 Å². The Morgan fingerprint density at radius 3 is 2.67 bits per heavy atom. The van der Waals surface area contributed by atoms with Gasteiger partial charge in [-0.15, -0.1) is 0 Å². The smallest absolute Gasteiger partial charge is 0.262 e. The summed E-state index contributed by atoms with van der Waals surface area (Å²) in [6, 6.07) is 9.12. The summed E-state index contributed by atoms with van der Waals surface area (Å²) in [4.78, 5) is 18.5. The van der Waals surface area contributed by atoms with Gasteiger partial charge in [0.15, 0.2) is 5.03 Å². The van der Waals surface area contributed by atoms with Crippen molar-refractivity contribution in [2.75, 3.05) is 32.8 Å². The van der Waals surface area contributed by atoms with Crippen molar-refractivity contribution in [3.63, 3.8) is 0 Å². The molecule has 0 bridgehead atoms. The number of hydrogen-bond donors (Lipinski definition) is 0. The maximum atomic E-state index is 12.8. The Bertz CT molecular complexity index is 928. The molecule has 0 aliphatic carbocycles. The average Bonchev–Trinajstić information content (AvgIpc) is 3.24. The molecule has 9 heteroatoms. The van der Waals surface area contributed by atoms with Gasteiger partial charge in [-0.1, -0.05) is 18.2 Å². The lowest BCUT2D eigenvalue weighted by molar-refractivity contribution is 0.0537. The average molecular weight is 390 g/mol. The van der Waals surface area contributed by atoms with Crippen LogP contribution in [0.1, 0.15) is 10.4 Å². The van der Waals surface area contributed by atoms with E-state index in [4.69, 9.17) is 4.74 Å². The van der Waals surface area contributed by atoms with Crippen LogP contribution in [0.4, 0.5) is 0 Å². The first-order valence-corrected chi connectivity index (χ1v) is 10.3. The molecule has 0 spiro atoms. The highest BCUT2D eigenvalue weighted by Gasteiger charge is 2.43. The van der Waals surface area contributed by atoms with Crippen molar-refractivity contribution in [2.24, 2.45) is 13.0 Å². The number of nitrogens with zero attached hydrogens (tertiary/aromatic N) is 4. The van der Waals surface area contributed by atoms with Gasteiger partial charge in [-0.3, -0.25) is 4.79 Å². The number of imidazole rings is 1. The molecule has 2 saturated heterocycles. The van der Waals surface area contributed by atoms with Gasteiger partial charge in [0.1, 0.15) is 0 Å². The Balaban J connectivity index is 1.50. The molecule has 0 N–H and O–H groups in total. The summed E-state index contributed by atoms with van der Waals surface area (Å²) in [6.45, 7) is 2.00. The van der Waals surface area contributed by atoms with E-state index in [1.165, 1.54) is 16.8 Å². The van der Waals surface area contributed by atoms with Crippen LogP contribution < -0.4 is 0 Å². The van der Waals surface area contributed by atoms with E-state index >= 15 is 0 Å².